The molecule has 2 aromatic carbocycles. The summed E-state index contributed by atoms with van der Waals surface area (Å²) in [5.74, 6) is -0.910. The van der Waals surface area contributed by atoms with Gasteiger partial charge in [0.05, 0.1) is 12.9 Å². The van der Waals surface area contributed by atoms with Crippen molar-refractivity contribution in [3.05, 3.63) is 89.5 Å². The lowest BCUT2D eigenvalue weighted by molar-refractivity contribution is -0.133. The van der Waals surface area contributed by atoms with Crippen LogP contribution in [-0.2, 0) is 24.3 Å². The summed E-state index contributed by atoms with van der Waals surface area (Å²) in [7, 11) is 0. The average Bonchev–Trinajstić information content (AvgIpc) is 3.61. The predicted molar refractivity (Wildman–Crippen MR) is 131 cm³/mol. The van der Waals surface area contributed by atoms with Crippen LogP contribution < -0.4 is 10.6 Å². The number of carbonyl (C=O) groups excluding carboxylic acids is 3. The summed E-state index contributed by atoms with van der Waals surface area (Å²) in [5.41, 5.74) is 1.40. The number of nitrogens with one attached hydrogen (secondary N) is 2. The third-order valence-corrected chi connectivity index (χ3v) is 6.72. The Morgan fingerprint density at radius 2 is 1.66 bits per heavy atom. The van der Waals surface area contributed by atoms with Gasteiger partial charge >= 0.3 is 0 Å². The fourth-order valence-corrected chi connectivity index (χ4v) is 4.74. The van der Waals surface area contributed by atoms with E-state index in [1.54, 1.807) is 16.4 Å². The van der Waals surface area contributed by atoms with Gasteiger partial charge in [-0.1, -0.05) is 60.7 Å². The van der Waals surface area contributed by atoms with Crippen molar-refractivity contribution < 1.29 is 14.4 Å². The van der Waals surface area contributed by atoms with Crippen molar-refractivity contribution in [2.45, 2.75) is 50.9 Å². The molecule has 1 aliphatic carbocycles. The zero-order valence-electron chi connectivity index (χ0n) is 19.7. The summed E-state index contributed by atoms with van der Waals surface area (Å²) < 4.78 is 1.65. The Morgan fingerprint density at radius 3 is 2.31 bits per heavy atom. The molecule has 0 spiro atoms. The summed E-state index contributed by atoms with van der Waals surface area (Å²) in [6, 6.07) is 19.5. The van der Waals surface area contributed by atoms with Crippen molar-refractivity contribution in [2.75, 3.05) is 6.54 Å². The number of carbonyl (C=O) groups is 3. The number of rotatable bonds is 8. The number of imidazole rings is 1. The van der Waals surface area contributed by atoms with Gasteiger partial charge in [0.2, 0.25) is 5.91 Å². The molecule has 1 fully saturated rings. The summed E-state index contributed by atoms with van der Waals surface area (Å²) in [6.45, 7) is 2.87. The highest BCUT2D eigenvalue weighted by Gasteiger charge is 2.53. The monoisotopic (exact) mass is 471 g/mol. The normalized spacial score (nSPS) is 19.2. The first-order valence-electron chi connectivity index (χ1n) is 12.0. The van der Waals surface area contributed by atoms with Crippen LogP contribution in [0.25, 0.3) is 0 Å². The Balaban J connectivity index is 1.33. The Hall–Kier alpha value is -3.94. The maximum absolute atomic E-state index is 13.7. The van der Waals surface area contributed by atoms with E-state index in [0.29, 0.717) is 19.5 Å². The molecule has 8 nitrogen and oxygen atoms in total. The smallest absolute Gasteiger partial charge is 0.274 e. The summed E-state index contributed by atoms with van der Waals surface area (Å²) >= 11 is 0. The molecule has 3 amide bonds. The van der Waals surface area contributed by atoms with Gasteiger partial charge in [0.15, 0.2) is 5.69 Å². The zero-order valence-corrected chi connectivity index (χ0v) is 19.7. The van der Waals surface area contributed by atoms with Crippen molar-refractivity contribution >= 4 is 17.7 Å². The van der Waals surface area contributed by atoms with E-state index in [0.717, 1.165) is 24.0 Å². The van der Waals surface area contributed by atoms with Crippen LogP contribution >= 0.6 is 0 Å². The van der Waals surface area contributed by atoms with Crippen LogP contribution in [0, 0.1) is 0 Å². The molecule has 2 aliphatic rings. The van der Waals surface area contributed by atoms with Crippen LogP contribution in [0.3, 0.4) is 0 Å². The van der Waals surface area contributed by atoms with Gasteiger partial charge in [-0.3, -0.25) is 14.4 Å². The maximum atomic E-state index is 13.7. The highest BCUT2D eigenvalue weighted by Crippen LogP contribution is 2.38. The molecule has 5 rings (SSSR count). The van der Waals surface area contributed by atoms with E-state index in [9.17, 15) is 14.4 Å². The topological polar surface area (TPSA) is 96.3 Å². The van der Waals surface area contributed by atoms with Crippen LogP contribution in [-0.4, -0.2) is 50.3 Å². The van der Waals surface area contributed by atoms with Crippen molar-refractivity contribution in [1.82, 2.24) is 25.1 Å². The van der Waals surface area contributed by atoms with E-state index in [-0.39, 0.29) is 41.7 Å². The van der Waals surface area contributed by atoms with E-state index in [2.05, 4.69) is 15.6 Å². The van der Waals surface area contributed by atoms with Crippen molar-refractivity contribution in [1.29, 1.82) is 0 Å². The summed E-state index contributed by atoms with van der Waals surface area (Å²) in [5, 5.41) is 5.88. The van der Waals surface area contributed by atoms with Crippen molar-refractivity contribution in [3.63, 3.8) is 0 Å². The summed E-state index contributed by atoms with van der Waals surface area (Å²) in [4.78, 5) is 45.9. The minimum Gasteiger partial charge on any atom is -0.350 e. The third kappa shape index (κ3) is 4.56. The number of nitrogens with zero attached hydrogens (tertiary/aromatic N) is 3. The molecular formula is C27H29N5O3. The number of fused-ring (bicyclic) bond motifs is 1. The Bertz CT molecular complexity index is 1240. The first-order chi connectivity index (χ1) is 17.0. The van der Waals surface area contributed by atoms with Crippen LogP contribution in [0.5, 0.6) is 0 Å². The molecule has 1 saturated carbocycles. The molecule has 1 atom stereocenters. The quantitative estimate of drug-likeness (QED) is 0.528. The lowest BCUT2D eigenvalue weighted by Crippen LogP contribution is -2.64. The Morgan fingerprint density at radius 1 is 1.00 bits per heavy atom. The van der Waals surface area contributed by atoms with Gasteiger partial charge in [-0.05, 0) is 37.3 Å². The lowest BCUT2D eigenvalue weighted by Gasteiger charge is -2.44. The van der Waals surface area contributed by atoms with Gasteiger partial charge in [0.1, 0.15) is 11.2 Å². The zero-order chi connectivity index (χ0) is 24.4. The van der Waals surface area contributed by atoms with Gasteiger partial charge < -0.3 is 20.1 Å². The average molecular weight is 472 g/mol. The van der Waals surface area contributed by atoms with Crippen LogP contribution in [0.4, 0.5) is 0 Å². The number of hydrogen-bond acceptors (Lipinski definition) is 4. The van der Waals surface area contributed by atoms with Crippen molar-refractivity contribution in [3.8, 4) is 0 Å². The molecule has 0 bridgehead atoms. The molecular weight excluding hydrogens is 442 g/mol. The van der Waals surface area contributed by atoms with E-state index >= 15 is 0 Å². The highest BCUT2D eigenvalue weighted by molar-refractivity contribution is 6.07. The molecule has 0 saturated heterocycles. The second-order valence-corrected chi connectivity index (χ2v) is 9.41. The highest BCUT2D eigenvalue weighted by atomic mass is 16.2. The predicted octanol–water partition coefficient (Wildman–Crippen LogP) is 2.55. The van der Waals surface area contributed by atoms with Crippen molar-refractivity contribution in [2.24, 2.45) is 0 Å². The number of benzene rings is 2. The minimum atomic E-state index is -1.07. The minimum absolute atomic E-state index is 0.00684. The van der Waals surface area contributed by atoms with Crippen LogP contribution in [0.15, 0.2) is 67.0 Å². The van der Waals surface area contributed by atoms with Gasteiger partial charge in [0.25, 0.3) is 11.8 Å². The second kappa shape index (κ2) is 9.37. The first-order valence-corrected chi connectivity index (χ1v) is 12.0. The molecule has 2 N–H and O–H groups in total. The first kappa shape index (κ1) is 22.8. The van der Waals surface area contributed by atoms with E-state index in [1.165, 1.54) is 6.33 Å². The summed E-state index contributed by atoms with van der Waals surface area (Å²) in [6.07, 6.45) is 3.87. The Kier molecular flexibility index (Phi) is 6.11. The molecule has 1 aromatic heterocycles. The van der Waals surface area contributed by atoms with Gasteiger partial charge in [-0.25, -0.2) is 4.98 Å². The van der Waals surface area contributed by atoms with Gasteiger partial charge in [0, 0.05) is 19.1 Å². The molecule has 8 heteroatoms. The number of amides is 3. The fourth-order valence-electron chi connectivity index (χ4n) is 4.74. The van der Waals surface area contributed by atoms with E-state index < -0.39 is 5.54 Å². The third-order valence-electron chi connectivity index (χ3n) is 6.72. The molecule has 2 heterocycles. The second-order valence-electron chi connectivity index (χ2n) is 9.41. The van der Waals surface area contributed by atoms with Gasteiger partial charge in [-0.2, -0.15) is 0 Å². The number of aromatic nitrogens is 2. The molecule has 1 aliphatic heterocycles. The fraction of sp³-hybridized carbons (Fsp3) is 0.333. The van der Waals surface area contributed by atoms with E-state index in [1.807, 2.05) is 60.7 Å². The Labute approximate surface area is 204 Å². The molecule has 3 aromatic rings. The SMILES string of the molecule is CC1(C(=O)NCc2ccccc2)Cn2cnc(C(=O)NCCc3ccccc3)c2C(=O)N1C1CC1. The lowest BCUT2D eigenvalue weighted by atomic mass is 9.93. The largest absolute Gasteiger partial charge is 0.350 e. The maximum Gasteiger partial charge on any atom is 0.274 e. The molecule has 1 unspecified atom stereocenters. The molecule has 0 radical (unpaired) electrons. The molecule has 35 heavy (non-hydrogen) atoms. The standard InChI is InChI=1S/C27H29N5O3/c1-27(26(35)29-16-20-10-6-3-7-11-20)17-31-18-30-22(23(31)25(34)32(27)21-12-13-21)24(33)28-15-14-19-8-4-2-5-9-19/h2-11,18,21H,12-17H2,1H3,(H,28,33)(H,29,35). The number of hydrogen-bond donors (Lipinski definition) is 2. The van der Waals surface area contributed by atoms with Gasteiger partial charge in [-0.15, -0.1) is 0 Å². The van der Waals surface area contributed by atoms with E-state index in [4.69, 9.17) is 0 Å². The van der Waals surface area contributed by atoms with Crippen LogP contribution in [0.2, 0.25) is 0 Å². The van der Waals surface area contributed by atoms with Crippen LogP contribution in [0.1, 0.15) is 51.9 Å². The molecule has 180 valence electrons.